The smallest absolute Gasteiger partial charge is 0.334 e. The quantitative estimate of drug-likeness (QED) is 0.634. The van der Waals surface area contributed by atoms with Gasteiger partial charge in [0.05, 0.1) is 10.6 Å². The predicted octanol–water partition coefficient (Wildman–Crippen LogP) is 4.34. The highest BCUT2D eigenvalue weighted by molar-refractivity contribution is 7.92. The molecule has 174 valence electrons. The van der Waals surface area contributed by atoms with E-state index in [-0.39, 0.29) is 30.8 Å². The van der Waals surface area contributed by atoms with Gasteiger partial charge in [0.1, 0.15) is 0 Å². The van der Waals surface area contributed by atoms with E-state index >= 15 is 0 Å². The first-order chi connectivity index (χ1) is 15.0. The number of carbonyl (C=O) groups is 1. The van der Waals surface area contributed by atoms with Crippen molar-refractivity contribution in [3.63, 3.8) is 0 Å². The van der Waals surface area contributed by atoms with Gasteiger partial charge in [0, 0.05) is 20.1 Å². The summed E-state index contributed by atoms with van der Waals surface area (Å²) in [5.74, 6) is -1.84. The summed E-state index contributed by atoms with van der Waals surface area (Å²) in [6, 6.07) is 11.9. The van der Waals surface area contributed by atoms with Crippen LogP contribution < -0.4 is 4.31 Å². The maximum atomic E-state index is 13.1. The summed E-state index contributed by atoms with van der Waals surface area (Å²) in [6.45, 7) is 2.01. The van der Waals surface area contributed by atoms with Crippen molar-refractivity contribution in [2.75, 3.05) is 24.4 Å². The summed E-state index contributed by atoms with van der Waals surface area (Å²) in [4.78, 5) is 12.6. The molecule has 0 N–H and O–H groups in total. The standard InChI is InChI=1S/C23H27F3N2O3S/c1-3-4-5-17-6-10-21(11-7-17)32(30,31)27(2)20-9-8-18-12-14-28(15-13-19(18)16-20)22(29)23(24,25)26/h6-11,16H,3-5,12-15H2,1-2H3. The summed E-state index contributed by atoms with van der Waals surface area (Å²) in [5.41, 5.74) is 3.07. The molecule has 0 unspecified atom stereocenters. The third-order valence-electron chi connectivity index (χ3n) is 5.79. The molecule has 0 atom stereocenters. The monoisotopic (exact) mass is 468 g/mol. The Bertz CT molecular complexity index is 1070. The van der Waals surface area contributed by atoms with Crippen LogP contribution in [0.2, 0.25) is 0 Å². The van der Waals surface area contributed by atoms with Gasteiger partial charge in [0.2, 0.25) is 0 Å². The minimum Gasteiger partial charge on any atom is -0.334 e. The summed E-state index contributed by atoms with van der Waals surface area (Å²) < 4.78 is 65.7. The van der Waals surface area contributed by atoms with Crippen LogP contribution in [-0.4, -0.2) is 45.5 Å². The van der Waals surface area contributed by atoms with E-state index in [9.17, 15) is 26.4 Å². The molecule has 32 heavy (non-hydrogen) atoms. The molecule has 0 spiro atoms. The van der Waals surface area contributed by atoms with E-state index in [1.54, 1.807) is 30.3 Å². The van der Waals surface area contributed by atoms with E-state index in [1.807, 2.05) is 12.1 Å². The number of amides is 1. The second-order valence-electron chi connectivity index (χ2n) is 7.96. The number of alkyl halides is 3. The summed E-state index contributed by atoms with van der Waals surface area (Å²) in [7, 11) is -2.33. The number of nitrogens with zero attached hydrogens (tertiary/aromatic N) is 2. The van der Waals surface area contributed by atoms with Crippen LogP contribution in [0.4, 0.5) is 18.9 Å². The zero-order valence-corrected chi connectivity index (χ0v) is 19.0. The molecule has 1 aliphatic heterocycles. The minimum absolute atomic E-state index is 0.0246. The van der Waals surface area contributed by atoms with Crippen LogP contribution in [0.25, 0.3) is 0 Å². The van der Waals surface area contributed by atoms with E-state index in [1.165, 1.54) is 11.4 Å². The van der Waals surface area contributed by atoms with Gasteiger partial charge in [0.15, 0.2) is 0 Å². The Balaban J connectivity index is 1.78. The molecule has 3 rings (SSSR count). The van der Waals surface area contributed by atoms with Gasteiger partial charge in [-0.25, -0.2) is 8.42 Å². The molecule has 1 heterocycles. The number of hydrogen-bond acceptors (Lipinski definition) is 3. The van der Waals surface area contributed by atoms with Crippen LogP contribution in [0.5, 0.6) is 0 Å². The number of aryl methyl sites for hydroxylation is 1. The zero-order chi connectivity index (χ0) is 23.5. The van der Waals surface area contributed by atoms with Crippen molar-refractivity contribution < 1.29 is 26.4 Å². The van der Waals surface area contributed by atoms with E-state index in [0.717, 1.165) is 40.9 Å². The summed E-state index contributed by atoms with van der Waals surface area (Å²) in [5, 5.41) is 0. The second kappa shape index (κ2) is 9.52. The average molecular weight is 469 g/mol. The van der Waals surface area contributed by atoms with E-state index in [0.29, 0.717) is 5.69 Å². The maximum Gasteiger partial charge on any atom is 0.471 e. The maximum absolute atomic E-state index is 13.1. The minimum atomic E-state index is -4.90. The van der Waals surface area contributed by atoms with Crippen LogP contribution in [0.1, 0.15) is 36.5 Å². The first-order valence-electron chi connectivity index (χ1n) is 10.6. The molecular weight excluding hydrogens is 441 g/mol. The molecule has 2 aromatic carbocycles. The van der Waals surface area contributed by atoms with Crippen LogP contribution >= 0.6 is 0 Å². The Hall–Kier alpha value is -2.55. The molecule has 1 amide bonds. The van der Waals surface area contributed by atoms with Gasteiger partial charge < -0.3 is 4.90 Å². The van der Waals surface area contributed by atoms with Gasteiger partial charge in [0.25, 0.3) is 10.0 Å². The van der Waals surface area contributed by atoms with Gasteiger partial charge in [-0.05, 0) is 66.6 Å². The molecule has 0 aromatic heterocycles. The average Bonchev–Trinajstić information content (AvgIpc) is 2.98. The molecule has 0 saturated heterocycles. The number of carbonyl (C=O) groups excluding carboxylic acids is 1. The van der Waals surface area contributed by atoms with Crippen molar-refractivity contribution in [2.24, 2.45) is 0 Å². The fourth-order valence-electron chi connectivity index (χ4n) is 3.80. The van der Waals surface area contributed by atoms with Gasteiger partial charge in [-0.3, -0.25) is 9.10 Å². The lowest BCUT2D eigenvalue weighted by atomic mass is 10.0. The van der Waals surface area contributed by atoms with Crippen molar-refractivity contribution in [3.8, 4) is 0 Å². The number of fused-ring (bicyclic) bond motifs is 1. The van der Waals surface area contributed by atoms with Crippen molar-refractivity contribution >= 4 is 21.6 Å². The molecule has 0 aliphatic carbocycles. The Morgan fingerprint density at radius 3 is 2.25 bits per heavy atom. The lowest BCUT2D eigenvalue weighted by Crippen LogP contribution is -2.42. The van der Waals surface area contributed by atoms with Gasteiger partial charge >= 0.3 is 12.1 Å². The lowest BCUT2D eigenvalue weighted by molar-refractivity contribution is -0.185. The first-order valence-corrected chi connectivity index (χ1v) is 12.0. The van der Waals surface area contributed by atoms with Crippen LogP contribution in [0.15, 0.2) is 47.4 Å². The summed E-state index contributed by atoms with van der Waals surface area (Å²) in [6.07, 6.45) is -1.40. The molecule has 0 fully saturated rings. The highest BCUT2D eigenvalue weighted by Gasteiger charge is 2.42. The van der Waals surface area contributed by atoms with E-state index in [2.05, 4.69) is 6.92 Å². The number of hydrogen-bond donors (Lipinski definition) is 0. The zero-order valence-electron chi connectivity index (χ0n) is 18.2. The normalized spacial score (nSPS) is 14.6. The number of sulfonamides is 1. The number of benzene rings is 2. The Labute approximate surface area is 186 Å². The highest BCUT2D eigenvalue weighted by atomic mass is 32.2. The van der Waals surface area contributed by atoms with Crippen molar-refractivity contribution in [1.82, 2.24) is 4.90 Å². The largest absolute Gasteiger partial charge is 0.471 e. The molecule has 2 aromatic rings. The van der Waals surface area contributed by atoms with Gasteiger partial charge in [-0.15, -0.1) is 0 Å². The topological polar surface area (TPSA) is 57.7 Å². The summed E-state index contributed by atoms with van der Waals surface area (Å²) >= 11 is 0. The van der Waals surface area contributed by atoms with Gasteiger partial charge in [-0.2, -0.15) is 13.2 Å². The van der Waals surface area contributed by atoms with Crippen molar-refractivity contribution in [1.29, 1.82) is 0 Å². The fraction of sp³-hybridized carbons (Fsp3) is 0.435. The molecule has 0 bridgehead atoms. The van der Waals surface area contributed by atoms with E-state index < -0.39 is 22.1 Å². The van der Waals surface area contributed by atoms with Crippen LogP contribution in [0.3, 0.4) is 0 Å². The third-order valence-corrected chi connectivity index (χ3v) is 7.59. The molecule has 9 heteroatoms. The fourth-order valence-corrected chi connectivity index (χ4v) is 4.98. The second-order valence-corrected chi connectivity index (χ2v) is 9.93. The predicted molar refractivity (Wildman–Crippen MR) is 117 cm³/mol. The number of halogens is 3. The molecule has 0 saturated carbocycles. The number of anilines is 1. The molecule has 0 radical (unpaired) electrons. The molecular formula is C23H27F3N2O3S. The molecule has 1 aliphatic rings. The van der Waals surface area contributed by atoms with E-state index in [4.69, 9.17) is 0 Å². The Kier molecular flexibility index (Phi) is 7.17. The number of unbranched alkanes of at least 4 members (excludes halogenated alkanes) is 1. The van der Waals surface area contributed by atoms with Gasteiger partial charge in [-0.1, -0.05) is 31.5 Å². The Morgan fingerprint density at radius 1 is 1.03 bits per heavy atom. The lowest BCUT2D eigenvalue weighted by Gasteiger charge is -2.21. The third kappa shape index (κ3) is 5.26. The van der Waals surface area contributed by atoms with Crippen molar-refractivity contribution in [2.45, 2.75) is 50.1 Å². The molecule has 5 nitrogen and oxygen atoms in total. The van der Waals surface area contributed by atoms with Crippen LogP contribution in [-0.2, 0) is 34.1 Å². The first kappa shape index (κ1) is 24.1. The Morgan fingerprint density at radius 2 is 1.66 bits per heavy atom. The SMILES string of the molecule is CCCCc1ccc(S(=O)(=O)N(C)c2ccc3c(c2)CCN(C(=O)C(F)(F)F)CC3)cc1. The highest BCUT2D eigenvalue weighted by Crippen LogP contribution is 2.28. The van der Waals surface area contributed by atoms with Crippen molar-refractivity contribution in [3.05, 3.63) is 59.2 Å². The van der Waals surface area contributed by atoms with Crippen LogP contribution in [0, 0.1) is 0 Å². The number of rotatable bonds is 6.